The van der Waals surface area contributed by atoms with Gasteiger partial charge in [0.15, 0.2) is 0 Å². The van der Waals surface area contributed by atoms with E-state index in [9.17, 15) is 0 Å². The molecular weight excluding hydrogens is 246 g/mol. The molecule has 1 unspecified atom stereocenters. The van der Waals surface area contributed by atoms with Gasteiger partial charge < -0.3 is 5.32 Å². The fourth-order valence-electron chi connectivity index (χ4n) is 1.84. The Labute approximate surface area is 112 Å². The monoisotopic (exact) mass is 261 g/mol. The lowest BCUT2D eigenvalue weighted by Crippen LogP contribution is -2.13. The van der Waals surface area contributed by atoms with E-state index in [2.05, 4.69) is 34.3 Å². The molecule has 1 N–H and O–H groups in total. The van der Waals surface area contributed by atoms with E-state index in [-0.39, 0.29) is 0 Å². The maximum Gasteiger partial charge on any atom is 0.222 e. The SMILES string of the molecule is CCC(CNc1ncccn1)c1ccc(Cl)cc1. The summed E-state index contributed by atoms with van der Waals surface area (Å²) >= 11 is 5.90. The maximum atomic E-state index is 5.90. The molecule has 18 heavy (non-hydrogen) atoms. The molecule has 0 radical (unpaired) electrons. The first-order chi connectivity index (χ1) is 8.79. The zero-order chi connectivity index (χ0) is 12.8. The summed E-state index contributed by atoms with van der Waals surface area (Å²) in [7, 11) is 0. The van der Waals surface area contributed by atoms with Gasteiger partial charge in [-0.3, -0.25) is 0 Å². The van der Waals surface area contributed by atoms with Crippen LogP contribution in [0.4, 0.5) is 5.95 Å². The second-order valence-electron chi connectivity index (χ2n) is 4.11. The van der Waals surface area contributed by atoms with Crippen LogP contribution in [0.3, 0.4) is 0 Å². The number of anilines is 1. The van der Waals surface area contributed by atoms with Crippen molar-refractivity contribution in [2.75, 3.05) is 11.9 Å². The predicted octanol–water partition coefficient (Wildman–Crippen LogP) is 3.74. The van der Waals surface area contributed by atoms with Crippen molar-refractivity contribution >= 4 is 17.5 Å². The van der Waals surface area contributed by atoms with Gasteiger partial charge in [0.1, 0.15) is 0 Å². The highest BCUT2D eigenvalue weighted by Crippen LogP contribution is 2.21. The van der Waals surface area contributed by atoms with E-state index in [0.717, 1.165) is 18.0 Å². The lowest BCUT2D eigenvalue weighted by molar-refractivity contribution is 0.691. The lowest BCUT2D eigenvalue weighted by atomic mass is 9.96. The van der Waals surface area contributed by atoms with Crippen molar-refractivity contribution in [2.24, 2.45) is 0 Å². The predicted molar refractivity (Wildman–Crippen MR) is 75.0 cm³/mol. The summed E-state index contributed by atoms with van der Waals surface area (Å²) in [6.45, 7) is 2.99. The minimum absolute atomic E-state index is 0.436. The van der Waals surface area contributed by atoms with Crippen LogP contribution in [0.15, 0.2) is 42.7 Å². The molecule has 94 valence electrons. The summed E-state index contributed by atoms with van der Waals surface area (Å²) in [6.07, 6.45) is 4.53. The zero-order valence-corrected chi connectivity index (χ0v) is 11.1. The molecular formula is C14H16ClN3. The number of hydrogen-bond acceptors (Lipinski definition) is 3. The quantitative estimate of drug-likeness (QED) is 0.891. The Morgan fingerprint density at radius 3 is 2.44 bits per heavy atom. The van der Waals surface area contributed by atoms with Crippen LogP contribution >= 0.6 is 11.6 Å². The van der Waals surface area contributed by atoms with E-state index in [1.54, 1.807) is 12.4 Å². The summed E-state index contributed by atoms with van der Waals surface area (Å²) in [5.74, 6) is 1.11. The third-order valence-electron chi connectivity index (χ3n) is 2.91. The number of hydrogen-bond donors (Lipinski definition) is 1. The van der Waals surface area contributed by atoms with Crippen LogP contribution in [0, 0.1) is 0 Å². The molecule has 3 nitrogen and oxygen atoms in total. The number of nitrogens with one attached hydrogen (secondary N) is 1. The number of nitrogens with zero attached hydrogens (tertiary/aromatic N) is 2. The summed E-state index contributed by atoms with van der Waals surface area (Å²) in [6, 6.07) is 9.81. The van der Waals surface area contributed by atoms with Crippen molar-refractivity contribution in [3.63, 3.8) is 0 Å². The van der Waals surface area contributed by atoms with Gasteiger partial charge in [0.25, 0.3) is 0 Å². The van der Waals surface area contributed by atoms with Gasteiger partial charge in [0, 0.05) is 29.9 Å². The van der Waals surface area contributed by atoms with E-state index in [1.165, 1.54) is 5.56 Å². The largest absolute Gasteiger partial charge is 0.354 e. The molecule has 2 rings (SSSR count). The number of rotatable bonds is 5. The van der Waals surface area contributed by atoms with Crippen molar-refractivity contribution in [3.05, 3.63) is 53.3 Å². The van der Waals surface area contributed by atoms with Crippen LogP contribution in [-0.2, 0) is 0 Å². The van der Waals surface area contributed by atoms with Gasteiger partial charge in [0.05, 0.1) is 0 Å². The average Bonchev–Trinajstić information content (AvgIpc) is 2.42. The van der Waals surface area contributed by atoms with Crippen LogP contribution in [0.2, 0.25) is 5.02 Å². The van der Waals surface area contributed by atoms with E-state index < -0.39 is 0 Å². The van der Waals surface area contributed by atoms with Crippen molar-refractivity contribution in [1.29, 1.82) is 0 Å². The van der Waals surface area contributed by atoms with E-state index in [4.69, 9.17) is 11.6 Å². The molecule has 1 aromatic heterocycles. The normalized spacial score (nSPS) is 12.1. The van der Waals surface area contributed by atoms with Crippen LogP contribution in [0.1, 0.15) is 24.8 Å². The summed E-state index contributed by atoms with van der Waals surface area (Å²) in [5.41, 5.74) is 1.28. The fraction of sp³-hybridized carbons (Fsp3) is 0.286. The summed E-state index contributed by atoms with van der Waals surface area (Å²) in [4.78, 5) is 8.30. The Morgan fingerprint density at radius 2 is 1.83 bits per heavy atom. The van der Waals surface area contributed by atoms with Gasteiger partial charge >= 0.3 is 0 Å². The van der Waals surface area contributed by atoms with Gasteiger partial charge in [-0.05, 0) is 30.2 Å². The van der Waals surface area contributed by atoms with Crippen LogP contribution in [0.5, 0.6) is 0 Å². The Hall–Kier alpha value is -1.61. The molecule has 2 aromatic rings. The lowest BCUT2D eigenvalue weighted by Gasteiger charge is -2.16. The standard InChI is InChI=1S/C14H16ClN3/c1-2-11(12-4-6-13(15)7-5-12)10-18-14-16-8-3-9-17-14/h3-9,11H,2,10H2,1H3,(H,16,17,18). The highest BCUT2D eigenvalue weighted by Gasteiger charge is 2.09. The highest BCUT2D eigenvalue weighted by atomic mass is 35.5. The molecule has 0 bridgehead atoms. The smallest absolute Gasteiger partial charge is 0.222 e. The molecule has 0 fully saturated rings. The number of benzene rings is 1. The minimum atomic E-state index is 0.436. The topological polar surface area (TPSA) is 37.8 Å². The fourth-order valence-corrected chi connectivity index (χ4v) is 1.96. The third kappa shape index (κ3) is 3.44. The third-order valence-corrected chi connectivity index (χ3v) is 3.16. The Morgan fingerprint density at radius 1 is 1.17 bits per heavy atom. The molecule has 0 amide bonds. The molecule has 1 heterocycles. The Balaban J connectivity index is 1.99. The molecule has 4 heteroatoms. The summed E-state index contributed by atoms with van der Waals surface area (Å²) in [5, 5.41) is 4.02. The molecule has 0 aliphatic carbocycles. The van der Waals surface area contributed by atoms with E-state index in [0.29, 0.717) is 11.9 Å². The zero-order valence-electron chi connectivity index (χ0n) is 10.3. The van der Waals surface area contributed by atoms with Crippen LogP contribution in [-0.4, -0.2) is 16.5 Å². The van der Waals surface area contributed by atoms with Crippen molar-refractivity contribution in [3.8, 4) is 0 Å². The Kier molecular flexibility index (Phi) is 4.53. The first-order valence-electron chi connectivity index (χ1n) is 6.06. The summed E-state index contributed by atoms with van der Waals surface area (Å²) < 4.78 is 0. The molecule has 0 saturated heterocycles. The van der Waals surface area contributed by atoms with Gasteiger partial charge in [0.2, 0.25) is 5.95 Å². The first kappa shape index (κ1) is 12.8. The van der Waals surface area contributed by atoms with Crippen LogP contribution < -0.4 is 5.32 Å². The minimum Gasteiger partial charge on any atom is -0.354 e. The number of halogens is 1. The van der Waals surface area contributed by atoms with Crippen molar-refractivity contribution in [1.82, 2.24) is 9.97 Å². The Bertz CT molecular complexity index is 470. The molecule has 0 aliphatic heterocycles. The first-order valence-corrected chi connectivity index (χ1v) is 6.43. The van der Waals surface area contributed by atoms with Crippen molar-refractivity contribution in [2.45, 2.75) is 19.3 Å². The van der Waals surface area contributed by atoms with E-state index >= 15 is 0 Å². The second-order valence-corrected chi connectivity index (χ2v) is 4.55. The number of aromatic nitrogens is 2. The molecule has 0 spiro atoms. The average molecular weight is 262 g/mol. The van der Waals surface area contributed by atoms with Gasteiger partial charge in [-0.1, -0.05) is 30.7 Å². The van der Waals surface area contributed by atoms with Crippen LogP contribution in [0.25, 0.3) is 0 Å². The van der Waals surface area contributed by atoms with Gasteiger partial charge in [-0.2, -0.15) is 0 Å². The molecule has 1 aromatic carbocycles. The van der Waals surface area contributed by atoms with Crippen molar-refractivity contribution < 1.29 is 0 Å². The molecule has 1 atom stereocenters. The highest BCUT2D eigenvalue weighted by molar-refractivity contribution is 6.30. The van der Waals surface area contributed by atoms with E-state index in [1.807, 2.05) is 18.2 Å². The molecule has 0 aliphatic rings. The van der Waals surface area contributed by atoms with Gasteiger partial charge in [-0.15, -0.1) is 0 Å². The van der Waals surface area contributed by atoms with Gasteiger partial charge in [-0.25, -0.2) is 9.97 Å². The second kappa shape index (κ2) is 6.36. The molecule has 0 saturated carbocycles. The maximum absolute atomic E-state index is 5.90.